The first-order valence-electron chi connectivity index (χ1n) is 22.9. The van der Waals surface area contributed by atoms with Crippen molar-refractivity contribution in [2.75, 3.05) is 0 Å². The second-order valence-corrected chi connectivity index (χ2v) is 18.8. The molecule has 0 atom stereocenters. The van der Waals surface area contributed by atoms with Crippen LogP contribution in [0.25, 0.3) is 152 Å². The number of benzene rings is 12. The fourth-order valence-corrected chi connectivity index (χ4v) is 12.6. The van der Waals surface area contributed by atoms with Crippen LogP contribution in [0.1, 0.15) is 0 Å². The van der Waals surface area contributed by atoms with Crippen LogP contribution in [0.3, 0.4) is 0 Å². The lowest BCUT2D eigenvalue weighted by molar-refractivity contribution is 0.668. The van der Waals surface area contributed by atoms with Crippen molar-refractivity contribution in [2.24, 2.45) is 0 Å². The minimum Gasteiger partial charge on any atom is -0.456 e. The highest BCUT2D eigenvalue weighted by molar-refractivity contribution is 7.26. The van der Waals surface area contributed by atoms with Crippen molar-refractivity contribution in [3.8, 4) is 44.5 Å². The van der Waals surface area contributed by atoms with Crippen LogP contribution in [0.4, 0.5) is 0 Å². The van der Waals surface area contributed by atoms with Crippen molar-refractivity contribution < 1.29 is 8.83 Å². The fraction of sp³-hybridized carbons (Fsp3) is 0. The molecule has 0 unspecified atom stereocenters. The number of hydrogen-bond donors (Lipinski definition) is 0. The van der Waals surface area contributed by atoms with E-state index in [0.29, 0.717) is 0 Å². The van der Waals surface area contributed by atoms with Gasteiger partial charge < -0.3 is 8.83 Å². The Kier molecular flexibility index (Phi) is 7.69. The summed E-state index contributed by atoms with van der Waals surface area (Å²) in [5.41, 5.74) is 13.4. The van der Waals surface area contributed by atoms with Gasteiger partial charge in [-0.1, -0.05) is 170 Å². The predicted molar refractivity (Wildman–Crippen MR) is 286 cm³/mol. The van der Waals surface area contributed by atoms with E-state index in [1.807, 2.05) is 23.5 Å². The summed E-state index contributed by atoms with van der Waals surface area (Å²) in [7, 11) is 0. The maximum Gasteiger partial charge on any atom is 0.136 e. The van der Waals surface area contributed by atoms with Crippen molar-refractivity contribution in [1.82, 2.24) is 0 Å². The molecule has 3 heteroatoms. The van der Waals surface area contributed by atoms with Crippen LogP contribution in [-0.2, 0) is 0 Å². The second-order valence-electron chi connectivity index (χ2n) is 17.8. The quantitative estimate of drug-likeness (QED) is 0.165. The van der Waals surface area contributed by atoms with Crippen LogP contribution in [0.2, 0.25) is 0 Å². The highest BCUT2D eigenvalue weighted by atomic mass is 32.1. The Morgan fingerprint density at radius 3 is 1.06 bits per heavy atom. The maximum absolute atomic E-state index is 6.43. The lowest BCUT2D eigenvalue weighted by atomic mass is 9.85. The van der Waals surface area contributed by atoms with E-state index in [0.717, 1.165) is 55.0 Å². The average Bonchev–Trinajstić information content (AvgIpc) is 4.08. The molecule has 2 nitrogen and oxygen atoms in total. The van der Waals surface area contributed by atoms with E-state index in [1.165, 1.54) is 96.6 Å². The molecule has 0 aliphatic carbocycles. The van der Waals surface area contributed by atoms with Crippen molar-refractivity contribution in [1.29, 1.82) is 0 Å². The largest absolute Gasteiger partial charge is 0.456 e. The zero-order valence-corrected chi connectivity index (χ0v) is 36.8. The Morgan fingerprint density at radius 2 is 0.597 bits per heavy atom. The molecule has 15 aromatic rings. The molecule has 0 aliphatic rings. The zero-order chi connectivity index (χ0) is 43.7. The minimum absolute atomic E-state index is 0.905. The van der Waals surface area contributed by atoms with Crippen LogP contribution in [0.15, 0.2) is 227 Å². The molecule has 67 heavy (non-hydrogen) atoms. The predicted octanol–water partition coefficient (Wildman–Crippen LogP) is 19.1. The SMILES string of the molecule is c1ccc2c(c1)oc1cc(-c3c4ccccc4c(-c4ccc5sc6c(-c7c8ccccc8c(-c8ccc9c(c8)oc8ccccc89)c8ccccc78)cccc6c5c4)c4ccccc34)ccc12. The minimum atomic E-state index is 0.905. The molecule has 0 fully saturated rings. The van der Waals surface area contributed by atoms with E-state index in [4.69, 9.17) is 8.83 Å². The Hall–Kier alpha value is -8.50. The van der Waals surface area contributed by atoms with Crippen molar-refractivity contribution in [3.05, 3.63) is 218 Å². The molecular weight excluding hydrogens is 833 g/mol. The van der Waals surface area contributed by atoms with Crippen LogP contribution >= 0.6 is 11.3 Å². The molecular formula is C64H36O2S. The first-order valence-corrected chi connectivity index (χ1v) is 23.7. The summed E-state index contributed by atoms with van der Waals surface area (Å²) >= 11 is 1.90. The molecule has 0 bridgehead atoms. The topological polar surface area (TPSA) is 26.3 Å². The van der Waals surface area contributed by atoms with Crippen LogP contribution < -0.4 is 0 Å². The van der Waals surface area contributed by atoms with Gasteiger partial charge in [0.25, 0.3) is 0 Å². The third kappa shape index (κ3) is 5.32. The summed E-state index contributed by atoms with van der Waals surface area (Å²) in [6.07, 6.45) is 0. The molecule has 0 N–H and O–H groups in total. The summed E-state index contributed by atoms with van der Waals surface area (Å²) in [4.78, 5) is 0. The van der Waals surface area contributed by atoms with E-state index in [1.54, 1.807) is 0 Å². The lowest BCUT2D eigenvalue weighted by Gasteiger charge is -2.18. The van der Waals surface area contributed by atoms with Gasteiger partial charge in [0.2, 0.25) is 0 Å². The van der Waals surface area contributed by atoms with Gasteiger partial charge in [-0.15, -0.1) is 11.3 Å². The standard InChI is InChI=1S/C64H36O2S/c1-3-18-46-44(16-1)60(45-17-2-4-19-47(45)61(46)38-28-31-42-40-14-9-11-26-55(40)65-57(42)35-38)37-30-33-59-54(34-37)52-24-13-25-53(64(52)67-59)63-50-22-7-5-20-48(50)62(49-21-6-8-23-51(49)63)39-29-32-43-41-15-10-12-27-56(41)66-58(43)36-39/h1-36H. The van der Waals surface area contributed by atoms with Gasteiger partial charge >= 0.3 is 0 Å². The average molecular weight is 869 g/mol. The van der Waals surface area contributed by atoms with E-state index in [2.05, 4.69) is 206 Å². The molecule has 12 aromatic carbocycles. The van der Waals surface area contributed by atoms with Gasteiger partial charge in [-0.2, -0.15) is 0 Å². The third-order valence-electron chi connectivity index (χ3n) is 14.3. The zero-order valence-electron chi connectivity index (χ0n) is 36.0. The number of hydrogen-bond acceptors (Lipinski definition) is 3. The summed E-state index contributed by atoms with van der Waals surface area (Å²) < 4.78 is 15.4. The molecule has 3 heterocycles. The number of thiophene rings is 1. The summed E-state index contributed by atoms with van der Waals surface area (Å²) in [5.74, 6) is 0. The Balaban J connectivity index is 0.928. The summed E-state index contributed by atoms with van der Waals surface area (Å²) in [5, 5.41) is 17.0. The highest BCUT2D eigenvalue weighted by Crippen LogP contribution is 2.50. The maximum atomic E-state index is 6.43. The Labute approximate surface area is 388 Å². The van der Waals surface area contributed by atoms with Crippen LogP contribution in [0.5, 0.6) is 0 Å². The van der Waals surface area contributed by atoms with Gasteiger partial charge in [0, 0.05) is 47.3 Å². The fourth-order valence-electron chi connectivity index (χ4n) is 11.4. The number of para-hydroxylation sites is 2. The Bertz CT molecular complexity index is 4470. The van der Waals surface area contributed by atoms with Gasteiger partial charge in [0.1, 0.15) is 22.3 Å². The lowest BCUT2D eigenvalue weighted by Crippen LogP contribution is -1.91. The molecule has 310 valence electrons. The first kappa shape index (κ1) is 36.8. The monoisotopic (exact) mass is 868 g/mol. The van der Waals surface area contributed by atoms with E-state index in [9.17, 15) is 0 Å². The van der Waals surface area contributed by atoms with Gasteiger partial charge in [-0.3, -0.25) is 0 Å². The van der Waals surface area contributed by atoms with E-state index < -0.39 is 0 Å². The molecule has 0 saturated carbocycles. The third-order valence-corrected chi connectivity index (χ3v) is 15.5. The smallest absolute Gasteiger partial charge is 0.136 e. The van der Waals surface area contributed by atoms with Crippen LogP contribution in [0, 0.1) is 0 Å². The van der Waals surface area contributed by atoms with E-state index in [-0.39, 0.29) is 0 Å². The van der Waals surface area contributed by atoms with Crippen LogP contribution in [-0.4, -0.2) is 0 Å². The molecule has 15 rings (SSSR count). The summed E-state index contributed by atoms with van der Waals surface area (Å²) in [6.45, 7) is 0. The van der Waals surface area contributed by atoms with Gasteiger partial charge in [-0.25, -0.2) is 0 Å². The normalized spacial score (nSPS) is 12.2. The van der Waals surface area contributed by atoms with Gasteiger partial charge in [-0.05, 0) is 131 Å². The Morgan fingerprint density at radius 1 is 0.239 bits per heavy atom. The first-order chi connectivity index (χ1) is 33.2. The molecule has 0 saturated heterocycles. The van der Waals surface area contributed by atoms with Gasteiger partial charge in [0.15, 0.2) is 0 Å². The molecule has 0 spiro atoms. The number of furan rings is 2. The van der Waals surface area contributed by atoms with Gasteiger partial charge in [0.05, 0.1) is 0 Å². The second kappa shape index (κ2) is 14.0. The molecule has 0 amide bonds. The number of fused-ring (bicyclic) bond motifs is 13. The summed E-state index contributed by atoms with van der Waals surface area (Å²) in [6, 6.07) is 79.8. The molecule has 0 aliphatic heterocycles. The van der Waals surface area contributed by atoms with Crippen molar-refractivity contribution >= 4 is 118 Å². The molecule has 0 radical (unpaired) electrons. The van der Waals surface area contributed by atoms with E-state index >= 15 is 0 Å². The van der Waals surface area contributed by atoms with Crippen molar-refractivity contribution in [3.63, 3.8) is 0 Å². The van der Waals surface area contributed by atoms with Crippen molar-refractivity contribution in [2.45, 2.75) is 0 Å². The molecule has 3 aromatic heterocycles. The highest BCUT2D eigenvalue weighted by Gasteiger charge is 2.22. The number of rotatable bonds is 4.